The Balaban J connectivity index is 1.40. The predicted molar refractivity (Wildman–Crippen MR) is 151 cm³/mol. The number of alkyl halides is 3. The van der Waals surface area contributed by atoms with Gasteiger partial charge in [-0.2, -0.15) is 0 Å². The van der Waals surface area contributed by atoms with Gasteiger partial charge in [-0.05, 0) is 54.4 Å². The molecule has 0 aliphatic heterocycles. The Morgan fingerprint density at radius 1 is 1.07 bits per heavy atom. The third kappa shape index (κ3) is 5.34. The van der Waals surface area contributed by atoms with Crippen molar-refractivity contribution in [2.45, 2.75) is 18.8 Å². The molecule has 0 saturated carbocycles. The lowest BCUT2D eigenvalue weighted by atomic mass is 10.0. The molecular formula is C31H24F3N3O5. The standard InChI is InChI=1S/C31H24F3N3O5/c1-40-27-8-4-5-17-12-28(41-29(17)27)26-14-23(22-13-20(42-31(32,33)34)9-10-25(22)37-26)30(39)36-19(16-38)11-18-15-35-24-7-3-2-6-21(18)24/h2-10,12-15,19,35,38H,11,16H2,1H3,(H,36,39)/t19-/m1/s1. The fraction of sp³-hybridized carbons (Fsp3) is 0.161. The van der Waals surface area contributed by atoms with Crippen LogP contribution >= 0.6 is 0 Å². The monoisotopic (exact) mass is 575 g/mol. The number of aromatic nitrogens is 2. The quantitative estimate of drug-likeness (QED) is 0.195. The molecule has 3 aromatic heterocycles. The Labute approximate surface area is 236 Å². The lowest BCUT2D eigenvalue weighted by molar-refractivity contribution is -0.274. The van der Waals surface area contributed by atoms with E-state index in [2.05, 4.69) is 20.0 Å². The Bertz CT molecular complexity index is 1930. The van der Waals surface area contributed by atoms with Gasteiger partial charge in [0.15, 0.2) is 17.1 Å². The van der Waals surface area contributed by atoms with Crippen LogP contribution in [0.5, 0.6) is 11.5 Å². The number of carbonyl (C=O) groups excluding carboxylic acids is 1. The average molecular weight is 576 g/mol. The zero-order valence-electron chi connectivity index (χ0n) is 22.2. The first kappa shape index (κ1) is 27.2. The summed E-state index contributed by atoms with van der Waals surface area (Å²) in [6, 6.07) is 19.1. The van der Waals surface area contributed by atoms with Gasteiger partial charge in [0, 0.05) is 27.9 Å². The van der Waals surface area contributed by atoms with Crippen LogP contribution in [0, 0.1) is 0 Å². The number of furan rings is 1. The van der Waals surface area contributed by atoms with E-state index in [9.17, 15) is 23.1 Å². The SMILES string of the molecule is COc1cccc2cc(-c3cc(C(=O)N[C@@H](CO)Cc4c[nH]c5ccccc45)c4cc(OC(F)(F)F)ccc4n3)oc12. The number of carbonyl (C=O) groups is 1. The molecule has 0 spiro atoms. The minimum absolute atomic E-state index is 0.0347. The van der Waals surface area contributed by atoms with Crippen LogP contribution in [0.15, 0.2) is 83.4 Å². The van der Waals surface area contributed by atoms with E-state index in [4.69, 9.17) is 9.15 Å². The largest absolute Gasteiger partial charge is 0.573 e. The lowest BCUT2D eigenvalue weighted by Gasteiger charge is -2.18. The molecule has 42 heavy (non-hydrogen) atoms. The molecule has 6 rings (SSSR count). The lowest BCUT2D eigenvalue weighted by Crippen LogP contribution is -2.39. The summed E-state index contributed by atoms with van der Waals surface area (Å²) in [5, 5.41) is 14.8. The van der Waals surface area contributed by atoms with Crippen LogP contribution in [-0.4, -0.2) is 47.1 Å². The Hall–Kier alpha value is -5.03. The maximum absolute atomic E-state index is 13.7. The van der Waals surface area contributed by atoms with Crippen LogP contribution in [0.2, 0.25) is 0 Å². The highest BCUT2D eigenvalue weighted by atomic mass is 19.4. The van der Waals surface area contributed by atoms with Crippen molar-refractivity contribution in [3.63, 3.8) is 0 Å². The Morgan fingerprint density at radius 3 is 2.69 bits per heavy atom. The first-order chi connectivity index (χ1) is 20.2. The number of aliphatic hydroxyl groups excluding tert-OH is 1. The average Bonchev–Trinajstić information content (AvgIpc) is 3.60. The number of hydrogen-bond acceptors (Lipinski definition) is 6. The molecule has 3 N–H and O–H groups in total. The number of H-pyrrole nitrogens is 1. The van der Waals surface area contributed by atoms with Gasteiger partial charge in [-0.1, -0.05) is 30.3 Å². The van der Waals surface area contributed by atoms with Gasteiger partial charge in [-0.25, -0.2) is 4.98 Å². The molecule has 0 saturated heterocycles. The highest BCUT2D eigenvalue weighted by Gasteiger charge is 2.31. The Morgan fingerprint density at radius 2 is 1.90 bits per heavy atom. The number of aliphatic hydroxyl groups is 1. The van der Waals surface area contributed by atoms with Crippen molar-refractivity contribution < 1.29 is 37.0 Å². The number of methoxy groups -OCH3 is 1. The molecule has 0 radical (unpaired) electrons. The fourth-order valence-corrected chi connectivity index (χ4v) is 5.03. The first-order valence-electron chi connectivity index (χ1n) is 13.0. The van der Waals surface area contributed by atoms with Gasteiger partial charge in [-0.15, -0.1) is 13.2 Å². The number of nitrogens with zero attached hydrogens (tertiary/aromatic N) is 1. The van der Waals surface area contributed by atoms with Gasteiger partial charge < -0.3 is 29.3 Å². The fourth-order valence-electron chi connectivity index (χ4n) is 5.03. The highest BCUT2D eigenvalue weighted by Crippen LogP contribution is 2.35. The maximum Gasteiger partial charge on any atom is 0.573 e. The third-order valence-corrected chi connectivity index (χ3v) is 6.94. The molecule has 214 valence electrons. The molecule has 3 aromatic carbocycles. The van der Waals surface area contributed by atoms with Gasteiger partial charge in [0.2, 0.25) is 0 Å². The minimum atomic E-state index is -4.92. The summed E-state index contributed by atoms with van der Waals surface area (Å²) >= 11 is 0. The molecule has 11 heteroatoms. The summed E-state index contributed by atoms with van der Waals surface area (Å²) in [7, 11) is 1.52. The van der Waals surface area contributed by atoms with Crippen molar-refractivity contribution in [1.82, 2.24) is 15.3 Å². The third-order valence-electron chi connectivity index (χ3n) is 6.94. The summed E-state index contributed by atoms with van der Waals surface area (Å²) < 4.78 is 54.5. The van der Waals surface area contributed by atoms with Crippen LogP contribution in [0.25, 0.3) is 44.2 Å². The smallest absolute Gasteiger partial charge is 0.493 e. The second-order valence-corrected chi connectivity index (χ2v) is 9.69. The second kappa shape index (κ2) is 10.7. The van der Waals surface area contributed by atoms with Gasteiger partial charge >= 0.3 is 6.36 Å². The van der Waals surface area contributed by atoms with E-state index >= 15 is 0 Å². The summed E-state index contributed by atoms with van der Waals surface area (Å²) in [5.74, 6) is -0.266. The molecule has 0 unspecified atom stereocenters. The number of ether oxygens (including phenoxy) is 2. The van der Waals surface area contributed by atoms with E-state index in [1.165, 1.54) is 19.2 Å². The van der Waals surface area contributed by atoms with Gasteiger partial charge in [0.05, 0.1) is 30.8 Å². The number of amides is 1. The van der Waals surface area contributed by atoms with E-state index < -0.39 is 24.1 Å². The van der Waals surface area contributed by atoms with Gasteiger partial charge in [0.25, 0.3) is 5.91 Å². The van der Waals surface area contributed by atoms with Crippen molar-refractivity contribution in [2.75, 3.05) is 13.7 Å². The van der Waals surface area contributed by atoms with Crippen LogP contribution in [-0.2, 0) is 6.42 Å². The van der Waals surface area contributed by atoms with E-state index in [0.717, 1.165) is 34.0 Å². The molecular weight excluding hydrogens is 551 g/mol. The van der Waals surface area contributed by atoms with Crippen LogP contribution in [0.4, 0.5) is 13.2 Å². The maximum atomic E-state index is 13.7. The zero-order valence-corrected chi connectivity index (χ0v) is 22.2. The van der Waals surface area contributed by atoms with Crippen molar-refractivity contribution in [2.24, 2.45) is 0 Å². The van der Waals surface area contributed by atoms with E-state index in [-0.39, 0.29) is 28.8 Å². The van der Waals surface area contributed by atoms with Crippen LogP contribution < -0.4 is 14.8 Å². The molecule has 0 bridgehead atoms. The number of fused-ring (bicyclic) bond motifs is 3. The van der Waals surface area contributed by atoms with Crippen molar-refractivity contribution in [3.8, 4) is 23.0 Å². The number of aromatic amines is 1. The van der Waals surface area contributed by atoms with Gasteiger partial charge in [0.1, 0.15) is 11.4 Å². The minimum Gasteiger partial charge on any atom is -0.493 e. The highest BCUT2D eigenvalue weighted by molar-refractivity contribution is 6.07. The molecule has 0 aliphatic carbocycles. The molecule has 3 heterocycles. The molecule has 6 aromatic rings. The van der Waals surface area contributed by atoms with Crippen LogP contribution in [0.1, 0.15) is 15.9 Å². The summed E-state index contributed by atoms with van der Waals surface area (Å²) in [6.07, 6.45) is -2.79. The topological polar surface area (TPSA) is 110 Å². The summed E-state index contributed by atoms with van der Waals surface area (Å²) in [6.45, 7) is -0.368. The van der Waals surface area contributed by atoms with E-state index in [1.807, 2.05) is 36.5 Å². The van der Waals surface area contributed by atoms with Crippen molar-refractivity contribution in [3.05, 3.63) is 90.1 Å². The second-order valence-electron chi connectivity index (χ2n) is 9.69. The summed E-state index contributed by atoms with van der Waals surface area (Å²) in [4.78, 5) is 21.4. The molecule has 0 aliphatic rings. The molecule has 0 fully saturated rings. The first-order valence-corrected chi connectivity index (χ1v) is 13.0. The predicted octanol–water partition coefficient (Wildman–Crippen LogP) is 6.37. The normalized spacial score (nSPS) is 12.6. The van der Waals surface area contributed by atoms with E-state index in [1.54, 1.807) is 18.2 Å². The van der Waals surface area contributed by atoms with Crippen molar-refractivity contribution >= 4 is 38.7 Å². The number of hydrogen-bond donors (Lipinski definition) is 3. The Kier molecular flexibility index (Phi) is 6.95. The zero-order chi connectivity index (χ0) is 29.4. The van der Waals surface area contributed by atoms with Crippen LogP contribution in [0.3, 0.4) is 0 Å². The molecule has 1 amide bonds. The number of para-hydroxylation sites is 2. The number of benzene rings is 3. The van der Waals surface area contributed by atoms with Crippen molar-refractivity contribution in [1.29, 1.82) is 0 Å². The number of halogens is 3. The number of pyridine rings is 1. The summed E-state index contributed by atoms with van der Waals surface area (Å²) in [5.41, 5.74) is 2.86. The number of nitrogens with one attached hydrogen (secondary N) is 2. The number of rotatable bonds is 8. The molecule has 8 nitrogen and oxygen atoms in total. The molecule has 1 atom stereocenters. The van der Waals surface area contributed by atoms with Gasteiger partial charge in [-0.3, -0.25) is 4.79 Å². The van der Waals surface area contributed by atoms with E-state index in [0.29, 0.717) is 23.5 Å².